The summed E-state index contributed by atoms with van der Waals surface area (Å²) in [6.07, 6.45) is 0.845. The summed E-state index contributed by atoms with van der Waals surface area (Å²) in [5, 5.41) is 14.3. The first-order valence-electron chi connectivity index (χ1n) is 7.19. The average molecular weight is 316 g/mol. The molecule has 0 atom stereocenters. The molecule has 0 spiro atoms. The van der Waals surface area contributed by atoms with Crippen molar-refractivity contribution in [2.24, 2.45) is 5.73 Å². The number of hydrogen-bond acceptors (Lipinski definition) is 8. The quantitative estimate of drug-likeness (QED) is 0.684. The van der Waals surface area contributed by atoms with Crippen molar-refractivity contribution in [3.8, 4) is 17.2 Å². The summed E-state index contributed by atoms with van der Waals surface area (Å²) in [7, 11) is 0. The van der Waals surface area contributed by atoms with Crippen LogP contribution in [0.4, 0.5) is 5.82 Å². The molecule has 120 valence electrons. The zero-order chi connectivity index (χ0) is 16.2. The van der Waals surface area contributed by atoms with Crippen LogP contribution in [0.25, 0.3) is 17.2 Å². The highest BCUT2D eigenvalue weighted by Gasteiger charge is 2.22. The normalized spacial score (nSPS) is 10.9. The molecule has 3 rings (SSSR count). The first kappa shape index (κ1) is 15.0. The first-order chi connectivity index (χ1) is 11.2. The van der Waals surface area contributed by atoms with Crippen LogP contribution in [0.2, 0.25) is 0 Å². The summed E-state index contributed by atoms with van der Waals surface area (Å²) in [5.74, 6) is -0.0470. The van der Waals surface area contributed by atoms with Crippen LogP contribution in [0.5, 0.6) is 0 Å². The van der Waals surface area contributed by atoms with Gasteiger partial charge in [-0.2, -0.15) is 0 Å². The minimum absolute atomic E-state index is 0.212. The molecule has 9 heteroatoms. The second-order valence-electron chi connectivity index (χ2n) is 4.81. The van der Waals surface area contributed by atoms with Gasteiger partial charge in [-0.1, -0.05) is 24.2 Å². The highest BCUT2D eigenvalue weighted by Crippen LogP contribution is 2.24. The Labute approximate surface area is 131 Å². The predicted molar refractivity (Wildman–Crippen MR) is 82.3 cm³/mol. The Morgan fingerprint density at radius 1 is 1.30 bits per heavy atom. The number of nitrogens with two attached hydrogens (primary N) is 1. The number of hydrogen-bond donors (Lipinski definition) is 2. The Balaban J connectivity index is 2.09. The van der Waals surface area contributed by atoms with Crippen molar-refractivity contribution < 1.29 is 9.15 Å². The van der Waals surface area contributed by atoms with Gasteiger partial charge in [0.15, 0.2) is 5.69 Å². The van der Waals surface area contributed by atoms with Gasteiger partial charge in [-0.05, 0) is 34.4 Å². The molecule has 0 unspecified atom stereocenters. The molecule has 9 nitrogen and oxygen atoms in total. The van der Waals surface area contributed by atoms with Crippen molar-refractivity contribution in [1.29, 1.82) is 0 Å². The molecule has 3 N–H and O–H groups in total. The number of nitrogens with zero attached hydrogens (tertiary/aromatic N) is 4. The highest BCUT2D eigenvalue weighted by atomic mass is 16.6. The van der Waals surface area contributed by atoms with Gasteiger partial charge in [-0.15, -0.1) is 0 Å². The minimum atomic E-state index is -0.610. The molecule has 2 heterocycles. The molecule has 2 aromatic heterocycles. The van der Waals surface area contributed by atoms with Gasteiger partial charge in [0.1, 0.15) is 0 Å². The van der Waals surface area contributed by atoms with Crippen LogP contribution in [0.3, 0.4) is 0 Å². The lowest BCUT2D eigenvalue weighted by Gasteiger charge is -2.05. The number of aromatic nitrogens is 4. The smallest absolute Gasteiger partial charge is 0.364 e. The van der Waals surface area contributed by atoms with E-state index in [1.165, 1.54) is 4.57 Å². The zero-order valence-corrected chi connectivity index (χ0v) is 12.5. The Morgan fingerprint density at radius 2 is 2.17 bits per heavy atom. The van der Waals surface area contributed by atoms with Crippen molar-refractivity contribution in [2.45, 2.75) is 13.3 Å². The molecule has 0 amide bonds. The minimum Gasteiger partial charge on any atom is -0.364 e. The maximum absolute atomic E-state index is 12.1. The van der Waals surface area contributed by atoms with Gasteiger partial charge in [0, 0.05) is 13.1 Å². The molecular weight excluding hydrogens is 300 g/mol. The Kier molecular flexibility index (Phi) is 4.20. The van der Waals surface area contributed by atoms with Crippen LogP contribution in [0.1, 0.15) is 12.5 Å². The van der Waals surface area contributed by atoms with E-state index in [4.69, 9.17) is 14.9 Å². The van der Waals surface area contributed by atoms with Gasteiger partial charge >= 0.3 is 5.76 Å². The molecule has 0 saturated heterocycles. The van der Waals surface area contributed by atoms with Crippen molar-refractivity contribution in [2.75, 3.05) is 18.4 Å². The van der Waals surface area contributed by atoms with Gasteiger partial charge < -0.3 is 11.1 Å². The SMILES string of the molecule is CCc1cccc(-n2c(-c3nonc3NCCN)noc2=O)c1. The molecule has 23 heavy (non-hydrogen) atoms. The van der Waals surface area contributed by atoms with E-state index in [2.05, 4.69) is 20.8 Å². The third-order valence-corrected chi connectivity index (χ3v) is 3.32. The van der Waals surface area contributed by atoms with Crippen molar-refractivity contribution in [3.05, 3.63) is 40.4 Å². The Morgan fingerprint density at radius 3 is 2.96 bits per heavy atom. The van der Waals surface area contributed by atoms with Gasteiger partial charge in [0.2, 0.25) is 11.6 Å². The fourth-order valence-corrected chi connectivity index (χ4v) is 2.18. The largest absolute Gasteiger partial charge is 0.446 e. The summed E-state index contributed by atoms with van der Waals surface area (Å²) in [4.78, 5) is 12.1. The molecule has 0 fully saturated rings. The highest BCUT2D eigenvalue weighted by molar-refractivity contribution is 5.66. The van der Waals surface area contributed by atoms with E-state index in [9.17, 15) is 4.79 Å². The van der Waals surface area contributed by atoms with Crippen LogP contribution < -0.4 is 16.8 Å². The molecule has 3 aromatic rings. The van der Waals surface area contributed by atoms with E-state index in [1.54, 1.807) is 6.07 Å². The predicted octanol–water partition coefficient (Wildman–Crippen LogP) is 0.808. The van der Waals surface area contributed by atoms with Gasteiger partial charge in [0.05, 0.1) is 5.69 Å². The van der Waals surface area contributed by atoms with Gasteiger partial charge in [-0.25, -0.2) is 14.0 Å². The van der Waals surface area contributed by atoms with E-state index >= 15 is 0 Å². The second-order valence-corrected chi connectivity index (χ2v) is 4.81. The topological polar surface area (TPSA) is 125 Å². The fraction of sp³-hybridized carbons (Fsp3) is 0.286. The number of nitrogens with one attached hydrogen (secondary N) is 1. The maximum atomic E-state index is 12.1. The van der Waals surface area contributed by atoms with E-state index in [0.717, 1.165) is 12.0 Å². The Hall–Kier alpha value is -2.94. The van der Waals surface area contributed by atoms with E-state index in [0.29, 0.717) is 24.6 Å². The van der Waals surface area contributed by atoms with Gasteiger partial charge in [-0.3, -0.25) is 4.52 Å². The summed E-state index contributed by atoms with van der Waals surface area (Å²) < 4.78 is 10.9. The molecule has 1 aromatic carbocycles. The number of aryl methyl sites for hydroxylation is 1. The number of rotatable bonds is 6. The fourth-order valence-electron chi connectivity index (χ4n) is 2.18. The number of benzene rings is 1. The lowest BCUT2D eigenvalue weighted by Crippen LogP contribution is -2.16. The van der Waals surface area contributed by atoms with Crippen LogP contribution in [0, 0.1) is 0 Å². The maximum Gasteiger partial charge on any atom is 0.446 e. The molecular formula is C14H16N6O3. The lowest BCUT2D eigenvalue weighted by atomic mass is 10.1. The van der Waals surface area contributed by atoms with E-state index in [-0.39, 0.29) is 11.5 Å². The molecule has 0 aliphatic rings. The molecule has 0 saturated carbocycles. The summed E-state index contributed by atoms with van der Waals surface area (Å²) in [5.41, 5.74) is 7.47. The number of anilines is 1. The van der Waals surface area contributed by atoms with Gasteiger partial charge in [0.25, 0.3) is 0 Å². The molecule has 0 radical (unpaired) electrons. The first-order valence-corrected chi connectivity index (χ1v) is 7.19. The summed E-state index contributed by atoms with van der Waals surface area (Å²) in [6, 6.07) is 7.53. The Bertz CT molecular complexity index is 850. The third kappa shape index (κ3) is 2.86. The van der Waals surface area contributed by atoms with Crippen LogP contribution >= 0.6 is 0 Å². The van der Waals surface area contributed by atoms with E-state index in [1.807, 2.05) is 25.1 Å². The molecule has 0 bridgehead atoms. The second kappa shape index (κ2) is 6.44. The zero-order valence-electron chi connectivity index (χ0n) is 12.5. The van der Waals surface area contributed by atoms with Crippen molar-refractivity contribution >= 4 is 5.82 Å². The summed E-state index contributed by atoms with van der Waals surface area (Å²) in [6.45, 7) is 2.93. The summed E-state index contributed by atoms with van der Waals surface area (Å²) >= 11 is 0. The van der Waals surface area contributed by atoms with Crippen LogP contribution in [-0.4, -0.2) is 33.1 Å². The molecule has 0 aliphatic carbocycles. The standard InChI is InChI=1S/C14H16N6O3/c1-2-9-4-3-5-10(8-9)20-13(19-22-14(20)21)11-12(16-7-6-15)18-23-17-11/h3-5,8H,2,6-7,15H2,1H3,(H,16,18). The van der Waals surface area contributed by atoms with Crippen molar-refractivity contribution in [3.63, 3.8) is 0 Å². The van der Waals surface area contributed by atoms with E-state index < -0.39 is 5.76 Å². The van der Waals surface area contributed by atoms with Crippen molar-refractivity contribution in [1.82, 2.24) is 20.0 Å². The molecule has 0 aliphatic heterocycles. The van der Waals surface area contributed by atoms with Crippen LogP contribution in [0.15, 0.2) is 38.2 Å². The lowest BCUT2D eigenvalue weighted by molar-refractivity contribution is 0.309. The monoisotopic (exact) mass is 316 g/mol. The van der Waals surface area contributed by atoms with Crippen LogP contribution in [-0.2, 0) is 6.42 Å². The third-order valence-electron chi connectivity index (χ3n) is 3.32. The average Bonchev–Trinajstić information content (AvgIpc) is 3.18.